The molecule has 0 aliphatic heterocycles. The lowest BCUT2D eigenvalue weighted by Gasteiger charge is -1.94. The van der Waals surface area contributed by atoms with E-state index in [0.717, 1.165) is 11.3 Å². The number of carboxylic acid groups (broad SMARTS) is 1. The van der Waals surface area contributed by atoms with Crippen molar-refractivity contribution in [3.63, 3.8) is 0 Å². The van der Waals surface area contributed by atoms with Crippen molar-refractivity contribution in [3.05, 3.63) is 47.8 Å². The molecule has 19 heavy (non-hydrogen) atoms. The molecule has 0 atom stereocenters. The molecule has 0 saturated carbocycles. The van der Waals surface area contributed by atoms with Gasteiger partial charge in [0.15, 0.2) is 5.58 Å². The van der Waals surface area contributed by atoms with Gasteiger partial charge in [-0.15, -0.1) is 0 Å². The molecule has 0 bridgehead atoms. The van der Waals surface area contributed by atoms with E-state index in [-0.39, 0.29) is 5.56 Å². The molecule has 2 heterocycles. The van der Waals surface area contributed by atoms with Gasteiger partial charge in [-0.25, -0.2) is 9.78 Å². The Morgan fingerprint density at radius 2 is 2.11 bits per heavy atom. The number of hydrogen-bond donors (Lipinski definition) is 1. The van der Waals surface area contributed by atoms with Crippen molar-refractivity contribution < 1.29 is 14.3 Å². The first-order chi connectivity index (χ1) is 9.13. The van der Waals surface area contributed by atoms with E-state index in [1.165, 1.54) is 12.1 Å². The molecule has 0 aliphatic rings. The molecule has 3 aromatic rings. The topological polar surface area (TPSA) is 76.2 Å². The van der Waals surface area contributed by atoms with Crippen molar-refractivity contribution in [2.24, 2.45) is 0 Å². The average Bonchev–Trinajstić information content (AvgIpc) is 2.82. The van der Waals surface area contributed by atoms with Gasteiger partial charge < -0.3 is 9.52 Å². The van der Waals surface area contributed by atoms with E-state index in [4.69, 9.17) is 9.52 Å². The minimum Gasteiger partial charge on any atom is -0.478 e. The lowest BCUT2D eigenvalue weighted by Crippen LogP contribution is -1.94. The van der Waals surface area contributed by atoms with E-state index in [1.807, 2.05) is 19.1 Å². The van der Waals surface area contributed by atoms with Gasteiger partial charge in [0.25, 0.3) is 0 Å². The third kappa shape index (κ3) is 2.06. The number of fused-ring (bicyclic) bond motifs is 1. The molecule has 3 rings (SSSR count). The van der Waals surface area contributed by atoms with Crippen LogP contribution in [0.3, 0.4) is 0 Å². The highest BCUT2D eigenvalue weighted by Gasteiger charge is 2.11. The van der Waals surface area contributed by atoms with Crippen LogP contribution in [0.25, 0.3) is 22.6 Å². The number of rotatable bonds is 2. The summed E-state index contributed by atoms with van der Waals surface area (Å²) >= 11 is 0. The Morgan fingerprint density at radius 1 is 1.26 bits per heavy atom. The molecule has 94 valence electrons. The van der Waals surface area contributed by atoms with Crippen molar-refractivity contribution in [2.75, 3.05) is 0 Å². The molecule has 5 heteroatoms. The number of benzene rings is 1. The number of aromatic nitrogens is 2. The van der Waals surface area contributed by atoms with E-state index in [1.54, 1.807) is 12.3 Å². The molecule has 0 aliphatic carbocycles. The Balaban J connectivity index is 2.11. The van der Waals surface area contributed by atoms with E-state index in [9.17, 15) is 4.79 Å². The summed E-state index contributed by atoms with van der Waals surface area (Å²) in [5.41, 5.74) is 2.94. The van der Waals surface area contributed by atoms with Gasteiger partial charge in [-0.2, -0.15) is 0 Å². The first-order valence-electron chi connectivity index (χ1n) is 5.70. The lowest BCUT2D eigenvalue weighted by molar-refractivity contribution is 0.0697. The van der Waals surface area contributed by atoms with Crippen LogP contribution >= 0.6 is 0 Å². The summed E-state index contributed by atoms with van der Waals surface area (Å²) in [5, 5.41) is 8.93. The van der Waals surface area contributed by atoms with Gasteiger partial charge in [0.1, 0.15) is 5.52 Å². The predicted molar refractivity (Wildman–Crippen MR) is 68.9 cm³/mol. The molecular weight excluding hydrogens is 244 g/mol. The number of aromatic carboxylic acids is 1. The lowest BCUT2D eigenvalue weighted by atomic mass is 10.2. The highest BCUT2D eigenvalue weighted by Crippen LogP contribution is 2.24. The van der Waals surface area contributed by atoms with Crippen molar-refractivity contribution in [1.29, 1.82) is 0 Å². The smallest absolute Gasteiger partial charge is 0.335 e. The summed E-state index contributed by atoms with van der Waals surface area (Å²) in [6.45, 7) is 1.90. The van der Waals surface area contributed by atoms with E-state index in [0.29, 0.717) is 17.0 Å². The SMILES string of the molecule is Cc1ccc(-c2nc3cc(C(=O)O)ccc3o2)cn1. The maximum Gasteiger partial charge on any atom is 0.335 e. The minimum absolute atomic E-state index is 0.189. The second-order valence-corrected chi connectivity index (χ2v) is 4.19. The first-order valence-corrected chi connectivity index (χ1v) is 5.70. The maximum atomic E-state index is 10.9. The van der Waals surface area contributed by atoms with Crippen LogP contribution < -0.4 is 0 Å². The Hall–Kier alpha value is -2.69. The van der Waals surface area contributed by atoms with E-state index in [2.05, 4.69) is 9.97 Å². The van der Waals surface area contributed by atoms with Gasteiger partial charge in [-0.05, 0) is 37.3 Å². The Morgan fingerprint density at radius 3 is 2.79 bits per heavy atom. The number of nitrogens with zero attached hydrogens (tertiary/aromatic N) is 2. The summed E-state index contributed by atoms with van der Waals surface area (Å²) in [4.78, 5) is 19.4. The number of pyridine rings is 1. The fourth-order valence-corrected chi connectivity index (χ4v) is 1.78. The van der Waals surface area contributed by atoms with Gasteiger partial charge >= 0.3 is 5.97 Å². The van der Waals surface area contributed by atoms with Crippen molar-refractivity contribution >= 4 is 17.1 Å². The summed E-state index contributed by atoms with van der Waals surface area (Å²) in [7, 11) is 0. The maximum absolute atomic E-state index is 10.9. The molecule has 5 nitrogen and oxygen atoms in total. The molecule has 0 radical (unpaired) electrons. The standard InChI is InChI=1S/C14H10N2O3/c1-8-2-3-10(7-15-8)13-16-11-6-9(14(17)18)4-5-12(11)19-13/h2-7H,1H3,(H,17,18). The second-order valence-electron chi connectivity index (χ2n) is 4.19. The molecule has 0 unspecified atom stereocenters. The van der Waals surface area contributed by atoms with Gasteiger partial charge in [-0.1, -0.05) is 0 Å². The minimum atomic E-state index is -0.983. The van der Waals surface area contributed by atoms with E-state index < -0.39 is 5.97 Å². The van der Waals surface area contributed by atoms with Gasteiger partial charge in [0.05, 0.1) is 11.1 Å². The quantitative estimate of drug-likeness (QED) is 0.760. The summed E-state index contributed by atoms with van der Waals surface area (Å²) in [6.07, 6.45) is 1.68. The van der Waals surface area contributed by atoms with Crippen LogP contribution in [0.4, 0.5) is 0 Å². The average molecular weight is 254 g/mol. The molecule has 0 saturated heterocycles. The fraction of sp³-hybridized carbons (Fsp3) is 0.0714. The number of oxazole rings is 1. The Kier molecular flexibility index (Phi) is 2.52. The fourth-order valence-electron chi connectivity index (χ4n) is 1.78. The highest BCUT2D eigenvalue weighted by molar-refractivity contribution is 5.92. The number of carbonyl (C=O) groups is 1. The predicted octanol–water partition coefficient (Wildman–Crippen LogP) is 2.90. The summed E-state index contributed by atoms with van der Waals surface area (Å²) in [6, 6.07) is 8.33. The van der Waals surface area contributed by atoms with Gasteiger partial charge in [-0.3, -0.25) is 4.98 Å². The number of carboxylic acids is 1. The zero-order valence-electron chi connectivity index (χ0n) is 10.1. The van der Waals surface area contributed by atoms with Crippen LogP contribution in [-0.2, 0) is 0 Å². The van der Waals surface area contributed by atoms with Crippen LogP contribution in [-0.4, -0.2) is 21.0 Å². The third-order valence-corrected chi connectivity index (χ3v) is 2.79. The number of hydrogen-bond acceptors (Lipinski definition) is 4. The molecule has 1 aromatic carbocycles. The van der Waals surface area contributed by atoms with Crippen molar-refractivity contribution in [3.8, 4) is 11.5 Å². The van der Waals surface area contributed by atoms with Gasteiger partial charge in [0, 0.05) is 11.9 Å². The molecule has 0 fully saturated rings. The first kappa shape index (κ1) is 11.4. The van der Waals surface area contributed by atoms with Crippen LogP contribution in [0.1, 0.15) is 16.1 Å². The molecule has 0 amide bonds. The summed E-state index contributed by atoms with van der Waals surface area (Å²) < 4.78 is 5.58. The highest BCUT2D eigenvalue weighted by atomic mass is 16.4. The Labute approximate surface area is 108 Å². The second kappa shape index (κ2) is 4.20. The molecule has 1 N–H and O–H groups in total. The molecule has 0 spiro atoms. The van der Waals surface area contributed by atoms with Crippen LogP contribution in [0.5, 0.6) is 0 Å². The monoisotopic (exact) mass is 254 g/mol. The van der Waals surface area contributed by atoms with Gasteiger partial charge in [0.2, 0.25) is 5.89 Å². The zero-order valence-corrected chi connectivity index (χ0v) is 10.1. The van der Waals surface area contributed by atoms with E-state index >= 15 is 0 Å². The largest absolute Gasteiger partial charge is 0.478 e. The Bertz CT molecular complexity index is 760. The molecular formula is C14H10N2O3. The van der Waals surface area contributed by atoms with Crippen LogP contribution in [0.2, 0.25) is 0 Å². The normalized spacial score (nSPS) is 10.8. The molecule has 2 aromatic heterocycles. The zero-order chi connectivity index (χ0) is 13.4. The van der Waals surface area contributed by atoms with Crippen LogP contribution in [0.15, 0.2) is 40.9 Å². The summed E-state index contributed by atoms with van der Waals surface area (Å²) in [5.74, 6) is -0.548. The van der Waals surface area contributed by atoms with Crippen molar-refractivity contribution in [2.45, 2.75) is 6.92 Å². The third-order valence-electron chi connectivity index (χ3n) is 2.79. The number of aryl methyl sites for hydroxylation is 1. The van der Waals surface area contributed by atoms with Crippen LogP contribution in [0, 0.1) is 6.92 Å². The van der Waals surface area contributed by atoms with Crippen molar-refractivity contribution in [1.82, 2.24) is 9.97 Å².